The third-order valence-electron chi connectivity index (χ3n) is 3.13. The molecule has 1 rings (SSSR count). The van der Waals surface area contributed by atoms with E-state index in [4.69, 9.17) is 15.2 Å². The van der Waals surface area contributed by atoms with Crippen molar-refractivity contribution in [1.29, 1.82) is 0 Å². The van der Waals surface area contributed by atoms with Crippen molar-refractivity contribution >= 4 is 6.16 Å². The Morgan fingerprint density at radius 2 is 1.81 bits per heavy atom. The first-order valence-corrected chi connectivity index (χ1v) is 6.08. The number of hydrogen-bond donors (Lipinski definition) is 1. The number of nitrogens with two attached hydrogens (primary N) is 1. The molecule has 4 heteroatoms. The van der Waals surface area contributed by atoms with Gasteiger partial charge in [0.15, 0.2) is 6.23 Å². The number of ether oxygens (including phenoxy) is 2. The minimum atomic E-state index is -0.634. The van der Waals surface area contributed by atoms with Crippen LogP contribution in [0.15, 0.2) is 0 Å². The topological polar surface area (TPSA) is 61.5 Å². The molecule has 1 atom stereocenters. The summed E-state index contributed by atoms with van der Waals surface area (Å²) in [7, 11) is 0. The van der Waals surface area contributed by atoms with E-state index in [1.807, 2.05) is 20.8 Å². The first-order valence-electron chi connectivity index (χ1n) is 6.08. The summed E-state index contributed by atoms with van der Waals surface area (Å²) in [5.74, 6) is 0.103. The molecule has 0 bridgehead atoms. The van der Waals surface area contributed by atoms with Crippen LogP contribution in [0, 0.1) is 5.92 Å². The average Bonchev–Trinajstić information content (AvgIpc) is 2.17. The molecular formula is C12H23NO3. The molecule has 1 saturated carbocycles. The van der Waals surface area contributed by atoms with Gasteiger partial charge in [0.05, 0.1) is 0 Å². The van der Waals surface area contributed by atoms with Crippen LogP contribution in [0.2, 0.25) is 0 Å². The average molecular weight is 229 g/mol. The van der Waals surface area contributed by atoms with E-state index in [0.29, 0.717) is 0 Å². The van der Waals surface area contributed by atoms with Gasteiger partial charge >= 0.3 is 6.16 Å². The summed E-state index contributed by atoms with van der Waals surface area (Å²) >= 11 is 0. The van der Waals surface area contributed by atoms with Gasteiger partial charge in [0.1, 0.15) is 5.60 Å². The summed E-state index contributed by atoms with van der Waals surface area (Å²) in [5.41, 5.74) is 5.29. The Kier molecular flexibility index (Phi) is 4.59. The van der Waals surface area contributed by atoms with Crippen LogP contribution in [-0.4, -0.2) is 18.0 Å². The summed E-state index contributed by atoms with van der Waals surface area (Å²) in [6, 6.07) is 0. The zero-order valence-corrected chi connectivity index (χ0v) is 10.5. The second-order valence-electron chi connectivity index (χ2n) is 5.19. The molecule has 0 heterocycles. The van der Waals surface area contributed by atoms with Gasteiger partial charge in [0.25, 0.3) is 0 Å². The summed E-state index contributed by atoms with van der Waals surface area (Å²) in [5, 5.41) is 0. The SMILES string of the molecule is CC(C)C(N)OC(=O)OC1(C)CCCCC1. The van der Waals surface area contributed by atoms with Crippen molar-refractivity contribution in [3.05, 3.63) is 0 Å². The molecule has 0 saturated heterocycles. The predicted molar refractivity (Wildman–Crippen MR) is 61.9 cm³/mol. The Hall–Kier alpha value is -0.770. The second kappa shape index (κ2) is 5.53. The van der Waals surface area contributed by atoms with E-state index in [2.05, 4.69) is 0 Å². The fourth-order valence-corrected chi connectivity index (χ4v) is 1.87. The first kappa shape index (κ1) is 13.3. The molecule has 1 aliphatic carbocycles. The Bertz CT molecular complexity index is 234. The number of hydrogen-bond acceptors (Lipinski definition) is 4. The third-order valence-corrected chi connectivity index (χ3v) is 3.13. The Balaban J connectivity index is 2.38. The maximum Gasteiger partial charge on any atom is 0.510 e. The van der Waals surface area contributed by atoms with Crippen molar-refractivity contribution in [2.45, 2.75) is 64.7 Å². The maximum absolute atomic E-state index is 11.5. The molecule has 1 unspecified atom stereocenters. The smallest absolute Gasteiger partial charge is 0.428 e. The Morgan fingerprint density at radius 3 is 2.31 bits per heavy atom. The monoisotopic (exact) mass is 229 g/mol. The molecule has 0 aromatic carbocycles. The van der Waals surface area contributed by atoms with E-state index >= 15 is 0 Å². The van der Waals surface area contributed by atoms with Crippen molar-refractivity contribution in [1.82, 2.24) is 0 Å². The van der Waals surface area contributed by atoms with E-state index in [9.17, 15) is 4.79 Å². The molecule has 0 aromatic rings. The molecule has 0 spiro atoms. The quantitative estimate of drug-likeness (QED) is 0.597. The lowest BCUT2D eigenvalue weighted by atomic mass is 9.86. The Labute approximate surface area is 97.5 Å². The second-order valence-corrected chi connectivity index (χ2v) is 5.19. The van der Waals surface area contributed by atoms with Crippen LogP contribution in [0.1, 0.15) is 52.9 Å². The molecule has 4 nitrogen and oxygen atoms in total. The third kappa shape index (κ3) is 4.00. The van der Waals surface area contributed by atoms with Gasteiger partial charge < -0.3 is 9.47 Å². The molecule has 2 N–H and O–H groups in total. The van der Waals surface area contributed by atoms with Crippen molar-refractivity contribution in [2.24, 2.45) is 11.7 Å². The van der Waals surface area contributed by atoms with Gasteiger partial charge in [0, 0.05) is 5.92 Å². The Morgan fingerprint density at radius 1 is 1.25 bits per heavy atom. The maximum atomic E-state index is 11.5. The molecule has 0 amide bonds. The van der Waals surface area contributed by atoms with Gasteiger partial charge in [0.2, 0.25) is 0 Å². The molecule has 94 valence electrons. The fourth-order valence-electron chi connectivity index (χ4n) is 1.87. The van der Waals surface area contributed by atoms with Gasteiger partial charge in [-0.3, -0.25) is 5.73 Å². The molecule has 0 aromatic heterocycles. The van der Waals surface area contributed by atoms with E-state index in [1.54, 1.807) is 0 Å². The van der Waals surface area contributed by atoms with Gasteiger partial charge in [-0.2, -0.15) is 0 Å². The highest BCUT2D eigenvalue weighted by molar-refractivity contribution is 5.60. The molecule has 16 heavy (non-hydrogen) atoms. The normalized spacial score (nSPS) is 21.6. The predicted octanol–water partition coefficient (Wildman–Crippen LogP) is 2.80. The van der Waals surface area contributed by atoms with E-state index in [-0.39, 0.29) is 11.5 Å². The standard InChI is InChI=1S/C12H23NO3/c1-9(2)10(13)15-11(14)16-12(3)7-5-4-6-8-12/h9-10H,4-8,13H2,1-3H3. The van der Waals surface area contributed by atoms with Crippen molar-refractivity contribution in [3.63, 3.8) is 0 Å². The number of rotatable bonds is 3. The lowest BCUT2D eigenvalue weighted by Crippen LogP contribution is -2.38. The van der Waals surface area contributed by atoms with Crippen LogP contribution in [-0.2, 0) is 9.47 Å². The van der Waals surface area contributed by atoms with Crippen molar-refractivity contribution in [2.75, 3.05) is 0 Å². The summed E-state index contributed by atoms with van der Waals surface area (Å²) < 4.78 is 10.4. The van der Waals surface area contributed by atoms with Crippen LogP contribution >= 0.6 is 0 Å². The molecule has 1 fully saturated rings. The zero-order valence-electron chi connectivity index (χ0n) is 10.5. The molecular weight excluding hydrogens is 206 g/mol. The first-order chi connectivity index (χ1) is 7.43. The largest absolute Gasteiger partial charge is 0.510 e. The van der Waals surface area contributed by atoms with Crippen LogP contribution in [0.3, 0.4) is 0 Å². The van der Waals surface area contributed by atoms with E-state index < -0.39 is 12.4 Å². The van der Waals surface area contributed by atoms with Crippen LogP contribution in [0.4, 0.5) is 4.79 Å². The fraction of sp³-hybridized carbons (Fsp3) is 0.917. The molecule has 1 aliphatic rings. The van der Waals surface area contributed by atoms with Gasteiger partial charge in [-0.15, -0.1) is 0 Å². The van der Waals surface area contributed by atoms with E-state index in [1.165, 1.54) is 6.42 Å². The zero-order chi connectivity index (χ0) is 12.2. The van der Waals surface area contributed by atoms with Gasteiger partial charge in [-0.25, -0.2) is 4.79 Å². The molecule has 0 aliphatic heterocycles. The molecule has 0 radical (unpaired) electrons. The van der Waals surface area contributed by atoms with Crippen LogP contribution < -0.4 is 5.73 Å². The number of carbonyl (C=O) groups is 1. The summed E-state index contributed by atoms with van der Waals surface area (Å²) in [6.45, 7) is 5.77. The highest BCUT2D eigenvalue weighted by Gasteiger charge is 2.32. The van der Waals surface area contributed by atoms with Crippen molar-refractivity contribution in [3.8, 4) is 0 Å². The van der Waals surface area contributed by atoms with Crippen LogP contribution in [0.5, 0.6) is 0 Å². The van der Waals surface area contributed by atoms with Gasteiger partial charge in [-0.05, 0) is 32.6 Å². The minimum Gasteiger partial charge on any atom is -0.428 e. The van der Waals surface area contributed by atoms with E-state index in [0.717, 1.165) is 25.7 Å². The number of carbonyl (C=O) groups excluding carboxylic acids is 1. The highest BCUT2D eigenvalue weighted by atomic mass is 16.7. The lowest BCUT2D eigenvalue weighted by molar-refractivity contribution is -0.0626. The van der Waals surface area contributed by atoms with Crippen LogP contribution in [0.25, 0.3) is 0 Å². The van der Waals surface area contributed by atoms with Gasteiger partial charge in [-0.1, -0.05) is 20.3 Å². The minimum absolute atomic E-state index is 0.103. The summed E-state index contributed by atoms with van der Waals surface area (Å²) in [4.78, 5) is 11.5. The highest BCUT2D eigenvalue weighted by Crippen LogP contribution is 2.31. The van der Waals surface area contributed by atoms with Crippen molar-refractivity contribution < 1.29 is 14.3 Å². The lowest BCUT2D eigenvalue weighted by Gasteiger charge is -2.33. The summed E-state index contributed by atoms with van der Waals surface area (Å²) in [6.07, 6.45) is 4.06.